The summed E-state index contributed by atoms with van der Waals surface area (Å²) in [7, 11) is -3.41. The van der Waals surface area contributed by atoms with E-state index < -0.39 is 10.0 Å². The molecule has 0 aromatic carbocycles. The average Bonchev–Trinajstić information content (AvgIpc) is 2.54. The van der Waals surface area contributed by atoms with Gasteiger partial charge in [-0.3, -0.25) is 0 Å². The predicted molar refractivity (Wildman–Crippen MR) is 86.9 cm³/mol. The molecule has 1 saturated heterocycles. The number of hydrogen-bond donors (Lipinski definition) is 0. The van der Waals surface area contributed by atoms with Crippen LogP contribution in [-0.4, -0.2) is 36.3 Å². The zero-order valence-corrected chi connectivity index (χ0v) is 15.4. The van der Waals surface area contributed by atoms with Crippen molar-refractivity contribution in [2.24, 2.45) is 0 Å². The van der Waals surface area contributed by atoms with Gasteiger partial charge in [-0.2, -0.15) is 16.1 Å². The average molecular weight is 405 g/mol. The Morgan fingerprint density at radius 2 is 2.11 bits per heavy atom. The maximum Gasteiger partial charge on any atom is 0.252 e. The van der Waals surface area contributed by atoms with E-state index in [2.05, 4.69) is 29.8 Å². The first kappa shape index (κ1) is 16.1. The van der Waals surface area contributed by atoms with Gasteiger partial charge in [0, 0.05) is 23.6 Å². The second kappa shape index (κ2) is 5.85. The monoisotopic (exact) mass is 403 g/mol. The third-order valence-corrected chi connectivity index (χ3v) is 9.21. The predicted octanol–water partition coefficient (Wildman–Crippen LogP) is 4.07. The van der Waals surface area contributed by atoms with Crippen molar-refractivity contribution in [1.29, 1.82) is 0 Å². The minimum Gasteiger partial charge on any atom is -0.206 e. The zero-order valence-electron chi connectivity index (χ0n) is 10.7. The molecule has 0 aliphatic carbocycles. The summed E-state index contributed by atoms with van der Waals surface area (Å²) in [6.45, 7) is 5.44. The van der Waals surface area contributed by atoms with Gasteiger partial charge in [0.2, 0.25) is 0 Å². The summed E-state index contributed by atoms with van der Waals surface area (Å²) in [6, 6.07) is 1.52. The Balaban J connectivity index is 2.25. The molecule has 2 rings (SSSR count). The van der Waals surface area contributed by atoms with E-state index in [0.29, 0.717) is 26.1 Å². The molecule has 0 unspecified atom stereocenters. The normalized spacial score (nSPS) is 21.3. The van der Waals surface area contributed by atoms with Gasteiger partial charge in [0.1, 0.15) is 4.21 Å². The van der Waals surface area contributed by atoms with Gasteiger partial charge in [-0.05, 0) is 28.4 Å². The second-order valence-corrected chi connectivity index (χ2v) is 11.7. The summed E-state index contributed by atoms with van der Waals surface area (Å²) in [5, 5.41) is 0.452. The SMILES string of the molecule is CC1(C)CCN(S(=O)(=O)c2cc(Cl)c(Br)s2)CCS1. The van der Waals surface area contributed by atoms with Crippen molar-refractivity contribution in [1.82, 2.24) is 4.31 Å². The summed E-state index contributed by atoms with van der Waals surface area (Å²) in [5.74, 6) is 0.826. The standard InChI is InChI=1S/C11H15BrClNO2S3/c1-11(2)3-4-14(5-6-17-11)19(15,16)9-7-8(13)10(12)18-9/h7H,3-6H2,1-2H3. The number of sulfonamides is 1. The first-order chi connectivity index (χ1) is 8.72. The van der Waals surface area contributed by atoms with Gasteiger partial charge in [-0.25, -0.2) is 8.42 Å². The van der Waals surface area contributed by atoms with Crippen LogP contribution in [0.1, 0.15) is 20.3 Å². The highest BCUT2D eigenvalue weighted by molar-refractivity contribution is 9.11. The molecule has 8 heteroatoms. The summed E-state index contributed by atoms with van der Waals surface area (Å²) in [5.41, 5.74) is 0. The molecule has 0 spiro atoms. The topological polar surface area (TPSA) is 37.4 Å². The largest absolute Gasteiger partial charge is 0.252 e. The summed E-state index contributed by atoms with van der Waals surface area (Å²) in [4.78, 5) is 0. The molecule has 3 nitrogen and oxygen atoms in total. The molecule has 2 heterocycles. The van der Waals surface area contributed by atoms with Crippen LogP contribution in [-0.2, 0) is 10.0 Å². The van der Waals surface area contributed by atoms with Crippen LogP contribution in [0.25, 0.3) is 0 Å². The highest BCUT2D eigenvalue weighted by Crippen LogP contribution is 2.37. The van der Waals surface area contributed by atoms with Crippen molar-refractivity contribution >= 4 is 60.7 Å². The molecule has 1 aliphatic heterocycles. The van der Waals surface area contributed by atoms with E-state index in [9.17, 15) is 8.42 Å². The molecule has 0 radical (unpaired) electrons. The maximum absolute atomic E-state index is 12.6. The Labute approximate surface area is 135 Å². The third kappa shape index (κ3) is 3.68. The molecule has 1 aromatic heterocycles. The van der Waals surface area contributed by atoms with Gasteiger partial charge in [0.25, 0.3) is 10.0 Å². The number of rotatable bonds is 2. The lowest BCUT2D eigenvalue weighted by Gasteiger charge is -2.22. The lowest BCUT2D eigenvalue weighted by atomic mass is 10.1. The highest BCUT2D eigenvalue weighted by atomic mass is 79.9. The van der Waals surface area contributed by atoms with Crippen LogP contribution in [0.4, 0.5) is 0 Å². The molecule has 0 saturated carbocycles. The van der Waals surface area contributed by atoms with Crippen molar-refractivity contribution in [3.63, 3.8) is 0 Å². The fourth-order valence-corrected chi connectivity index (χ4v) is 7.03. The van der Waals surface area contributed by atoms with E-state index in [1.54, 1.807) is 4.31 Å². The summed E-state index contributed by atoms with van der Waals surface area (Å²) < 4.78 is 27.8. The first-order valence-electron chi connectivity index (χ1n) is 5.81. The number of thioether (sulfide) groups is 1. The smallest absolute Gasteiger partial charge is 0.206 e. The number of thiophene rings is 1. The maximum atomic E-state index is 12.6. The van der Waals surface area contributed by atoms with Crippen molar-refractivity contribution in [3.8, 4) is 0 Å². The van der Waals surface area contributed by atoms with Gasteiger partial charge in [0.15, 0.2) is 0 Å². The van der Waals surface area contributed by atoms with E-state index >= 15 is 0 Å². The molecular weight excluding hydrogens is 390 g/mol. The Hall–Kier alpha value is 0.730. The van der Waals surface area contributed by atoms with E-state index in [1.165, 1.54) is 17.4 Å². The van der Waals surface area contributed by atoms with Crippen LogP contribution in [0, 0.1) is 0 Å². The van der Waals surface area contributed by atoms with Gasteiger partial charge < -0.3 is 0 Å². The van der Waals surface area contributed by atoms with Crippen LogP contribution < -0.4 is 0 Å². The Morgan fingerprint density at radius 1 is 1.42 bits per heavy atom. The van der Waals surface area contributed by atoms with Crippen LogP contribution in [0.3, 0.4) is 0 Å². The molecule has 0 amide bonds. The highest BCUT2D eigenvalue weighted by Gasteiger charge is 2.32. The summed E-state index contributed by atoms with van der Waals surface area (Å²) >= 11 is 12.2. The Bertz CT molecular complexity index is 551. The van der Waals surface area contributed by atoms with Crippen molar-refractivity contribution < 1.29 is 8.42 Å². The fraction of sp³-hybridized carbons (Fsp3) is 0.636. The van der Waals surface area contributed by atoms with E-state index in [0.717, 1.165) is 12.2 Å². The fourth-order valence-electron chi connectivity index (χ4n) is 1.82. The molecule has 1 aromatic rings. The molecule has 108 valence electrons. The van der Waals surface area contributed by atoms with Crippen LogP contribution >= 0.6 is 50.6 Å². The van der Waals surface area contributed by atoms with Gasteiger partial charge in [0.05, 0.1) is 8.81 Å². The lowest BCUT2D eigenvalue weighted by Crippen LogP contribution is -2.33. The molecular formula is C11H15BrClNO2S3. The quantitative estimate of drug-likeness (QED) is 0.745. The Kier molecular flexibility index (Phi) is 4.96. The van der Waals surface area contributed by atoms with Crippen molar-refractivity contribution in [3.05, 3.63) is 14.9 Å². The van der Waals surface area contributed by atoms with Gasteiger partial charge in [-0.15, -0.1) is 11.3 Å². The molecule has 0 bridgehead atoms. The third-order valence-electron chi connectivity index (χ3n) is 3.01. The second-order valence-electron chi connectivity index (χ2n) is 4.95. The van der Waals surface area contributed by atoms with E-state index in [4.69, 9.17) is 11.6 Å². The minimum atomic E-state index is -3.41. The van der Waals surface area contributed by atoms with Crippen molar-refractivity contribution in [2.75, 3.05) is 18.8 Å². The number of halogens is 2. The molecule has 0 N–H and O–H groups in total. The minimum absolute atomic E-state index is 0.137. The van der Waals surface area contributed by atoms with Gasteiger partial charge >= 0.3 is 0 Å². The lowest BCUT2D eigenvalue weighted by molar-refractivity contribution is 0.416. The number of hydrogen-bond acceptors (Lipinski definition) is 4. The van der Waals surface area contributed by atoms with Crippen LogP contribution in [0.5, 0.6) is 0 Å². The van der Waals surface area contributed by atoms with Gasteiger partial charge in [-0.1, -0.05) is 25.4 Å². The van der Waals surface area contributed by atoms with Crippen molar-refractivity contribution in [2.45, 2.75) is 29.2 Å². The van der Waals surface area contributed by atoms with Crippen LogP contribution in [0.2, 0.25) is 5.02 Å². The molecule has 1 fully saturated rings. The summed E-state index contributed by atoms with van der Waals surface area (Å²) in [6.07, 6.45) is 0.858. The van der Waals surface area contributed by atoms with E-state index in [1.807, 2.05) is 11.8 Å². The molecule has 1 aliphatic rings. The number of nitrogens with zero attached hydrogens (tertiary/aromatic N) is 1. The Morgan fingerprint density at radius 3 is 2.68 bits per heavy atom. The zero-order chi connectivity index (χ0) is 14.3. The molecule has 0 atom stereocenters. The van der Waals surface area contributed by atoms with E-state index in [-0.39, 0.29) is 4.75 Å². The van der Waals surface area contributed by atoms with Crippen LogP contribution in [0.15, 0.2) is 14.1 Å². The first-order valence-corrected chi connectivity index (χ1v) is 10.2. The molecule has 19 heavy (non-hydrogen) atoms.